The van der Waals surface area contributed by atoms with Crippen molar-refractivity contribution < 1.29 is 27.8 Å². The smallest absolute Gasteiger partial charge is 0.255 e. The summed E-state index contributed by atoms with van der Waals surface area (Å²) in [5.41, 5.74) is 6.59. The van der Waals surface area contributed by atoms with E-state index in [0.717, 1.165) is 6.26 Å². The van der Waals surface area contributed by atoms with Crippen LogP contribution in [0, 0.1) is 5.92 Å². The van der Waals surface area contributed by atoms with Gasteiger partial charge in [0.15, 0.2) is 11.5 Å². The van der Waals surface area contributed by atoms with Crippen LogP contribution >= 0.6 is 0 Å². The Labute approximate surface area is 170 Å². The highest BCUT2D eigenvalue weighted by atomic mass is 32.2. The number of nitrogen functional groups attached to an aromatic ring is 1. The second kappa shape index (κ2) is 9.16. The van der Waals surface area contributed by atoms with Crippen LogP contribution in [0.25, 0.3) is 0 Å². The quantitative estimate of drug-likeness (QED) is 0.405. The fourth-order valence-corrected chi connectivity index (χ4v) is 4.00. The molecule has 29 heavy (non-hydrogen) atoms. The lowest BCUT2D eigenvalue weighted by Gasteiger charge is -2.36. The van der Waals surface area contributed by atoms with Gasteiger partial charge in [-0.1, -0.05) is 0 Å². The molecule has 0 spiro atoms. The van der Waals surface area contributed by atoms with Crippen LogP contribution in [-0.2, 0) is 10.0 Å². The highest BCUT2D eigenvalue weighted by Crippen LogP contribution is 2.36. The van der Waals surface area contributed by atoms with Crippen LogP contribution in [0.3, 0.4) is 0 Å². The minimum Gasteiger partial charge on any atom is -0.486 e. The summed E-state index contributed by atoms with van der Waals surface area (Å²) in [4.78, 5) is 14.7. The van der Waals surface area contributed by atoms with Crippen molar-refractivity contribution in [2.24, 2.45) is 5.92 Å². The van der Waals surface area contributed by atoms with Crippen molar-refractivity contribution in [2.75, 3.05) is 57.9 Å². The zero-order valence-electron chi connectivity index (χ0n) is 16.4. The van der Waals surface area contributed by atoms with Crippen LogP contribution in [0.1, 0.15) is 16.8 Å². The van der Waals surface area contributed by atoms with Crippen molar-refractivity contribution in [3.8, 4) is 11.5 Å². The molecular weight excluding hydrogens is 400 g/mol. The topological polar surface area (TPSA) is 143 Å². The van der Waals surface area contributed by atoms with Crippen molar-refractivity contribution >= 4 is 21.6 Å². The number of β-amino-alcohol motifs (C(OH)–C–C–N with tert-alkyl or cyclic N) is 1. The Bertz CT molecular complexity index is 847. The van der Waals surface area contributed by atoms with Gasteiger partial charge in [0, 0.05) is 43.9 Å². The third-order valence-corrected chi connectivity index (χ3v) is 5.76. The molecule has 0 aromatic heterocycles. The predicted molar refractivity (Wildman–Crippen MR) is 108 cm³/mol. The zero-order valence-corrected chi connectivity index (χ0v) is 17.2. The molecule has 2 aliphatic rings. The second-order valence-electron chi connectivity index (χ2n) is 7.39. The molecule has 0 radical (unpaired) electrons. The number of sulfonamides is 1. The summed E-state index contributed by atoms with van der Waals surface area (Å²) in [6, 6.07) is 3.18. The number of nitrogens with zero attached hydrogens (tertiary/aromatic N) is 1. The molecule has 1 amide bonds. The van der Waals surface area contributed by atoms with Gasteiger partial charge in [0.05, 0.1) is 17.9 Å². The maximum absolute atomic E-state index is 12.7. The standard InChI is InChI=1S/C18H28N4O6S/c1-29(25,26)21-3-5-22-4-2-12(15(23)11-22)10-20-18(24)14-8-13(19)9-16-17(14)28-7-6-27-16/h8-9,12,15,21,23H,2-7,10-11,19H2,1H3,(H,20,24)/t12-,15?/m0/s1. The van der Waals surface area contributed by atoms with E-state index in [0.29, 0.717) is 75.1 Å². The number of aliphatic hydroxyl groups is 1. The molecule has 10 nitrogen and oxygen atoms in total. The number of fused-ring (bicyclic) bond motifs is 1. The Morgan fingerprint density at radius 3 is 2.83 bits per heavy atom. The number of benzene rings is 1. The zero-order chi connectivity index (χ0) is 21.0. The minimum absolute atomic E-state index is 0.0906. The van der Waals surface area contributed by atoms with Crippen molar-refractivity contribution in [2.45, 2.75) is 12.5 Å². The number of carbonyl (C=O) groups is 1. The van der Waals surface area contributed by atoms with Gasteiger partial charge in [-0.25, -0.2) is 13.1 Å². The Hall–Kier alpha value is -2.08. The summed E-state index contributed by atoms with van der Waals surface area (Å²) in [6.07, 6.45) is 1.19. The van der Waals surface area contributed by atoms with E-state index >= 15 is 0 Å². The van der Waals surface area contributed by atoms with E-state index in [9.17, 15) is 18.3 Å². The van der Waals surface area contributed by atoms with E-state index in [-0.39, 0.29) is 11.8 Å². The van der Waals surface area contributed by atoms with E-state index < -0.39 is 16.1 Å². The van der Waals surface area contributed by atoms with Crippen LogP contribution in [0.2, 0.25) is 0 Å². The number of nitrogens with two attached hydrogens (primary N) is 1. The summed E-state index contributed by atoms with van der Waals surface area (Å²) in [6.45, 7) is 3.06. The van der Waals surface area contributed by atoms with Crippen LogP contribution < -0.4 is 25.2 Å². The SMILES string of the molecule is CS(=O)(=O)NCCN1CC[C@@H](CNC(=O)c2cc(N)cc3c2OCCO3)C(O)C1. The third kappa shape index (κ3) is 5.95. The molecule has 2 heterocycles. The maximum atomic E-state index is 12.7. The molecule has 1 unspecified atom stereocenters. The Balaban J connectivity index is 1.51. The number of hydrogen-bond acceptors (Lipinski definition) is 8. The predicted octanol–water partition coefficient (Wildman–Crippen LogP) is -0.998. The average molecular weight is 429 g/mol. The van der Waals surface area contributed by atoms with Crippen LogP contribution in [-0.4, -0.2) is 82.6 Å². The fourth-order valence-electron chi connectivity index (χ4n) is 3.54. The fraction of sp³-hybridized carbons (Fsp3) is 0.611. The normalized spacial score (nSPS) is 22.3. The number of carbonyl (C=O) groups excluding carboxylic acids is 1. The molecule has 2 atom stereocenters. The Kier molecular flexibility index (Phi) is 6.83. The number of nitrogens with one attached hydrogen (secondary N) is 2. The van der Waals surface area contributed by atoms with Gasteiger partial charge < -0.3 is 25.6 Å². The molecule has 0 aliphatic carbocycles. The highest BCUT2D eigenvalue weighted by Gasteiger charge is 2.29. The average Bonchev–Trinajstić information content (AvgIpc) is 2.65. The van der Waals surface area contributed by atoms with E-state index in [1.54, 1.807) is 12.1 Å². The third-order valence-electron chi connectivity index (χ3n) is 5.03. The minimum atomic E-state index is -3.22. The van der Waals surface area contributed by atoms with E-state index in [1.807, 2.05) is 4.90 Å². The van der Waals surface area contributed by atoms with Crippen LogP contribution in [0.5, 0.6) is 11.5 Å². The number of rotatable bonds is 7. The van der Waals surface area contributed by atoms with Crippen LogP contribution in [0.4, 0.5) is 5.69 Å². The lowest BCUT2D eigenvalue weighted by Crippen LogP contribution is -2.49. The number of ether oxygens (including phenoxy) is 2. The molecule has 5 N–H and O–H groups in total. The van der Waals surface area contributed by atoms with Crippen molar-refractivity contribution in [3.63, 3.8) is 0 Å². The molecule has 162 valence electrons. The second-order valence-corrected chi connectivity index (χ2v) is 9.22. The van der Waals surface area contributed by atoms with E-state index in [4.69, 9.17) is 15.2 Å². The van der Waals surface area contributed by atoms with Gasteiger partial charge in [-0.05, 0) is 19.0 Å². The molecular formula is C18H28N4O6S. The summed E-state index contributed by atoms with van der Waals surface area (Å²) in [5.74, 6) is 0.423. The molecule has 1 saturated heterocycles. The Morgan fingerprint density at radius 1 is 1.34 bits per heavy atom. The van der Waals surface area contributed by atoms with Gasteiger partial charge in [-0.3, -0.25) is 9.69 Å². The van der Waals surface area contributed by atoms with Crippen molar-refractivity contribution in [1.82, 2.24) is 14.9 Å². The summed E-state index contributed by atoms with van der Waals surface area (Å²) >= 11 is 0. The van der Waals surface area contributed by atoms with Gasteiger partial charge in [-0.2, -0.15) is 0 Å². The van der Waals surface area contributed by atoms with Gasteiger partial charge in [0.1, 0.15) is 13.2 Å². The lowest BCUT2D eigenvalue weighted by molar-refractivity contribution is 0.0231. The number of likely N-dealkylation sites (tertiary alicyclic amines) is 1. The number of aliphatic hydroxyl groups excluding tert-OH is 1. The number of anilines is 1. The highest BCUT2D eigenvalue weighted by molar-refractivity contribution is 7.88. The molecule has 0 saturated carbocycles. The van der Waals surface area contributed by atoms with Gasteiger partial charge in [-0.15, -0.1) is 0 Å². The van der Waals surface area contributed by atoms with E-state index in [2.05, 4.69) is 10.0 Å². The molecule has 2 aliphatic heterocycles. The largest absolute Gasteiger partial charge is 0.486 e. The lowest BCUT2D eigenvalue weighted by atomic mass is 9.93. The monoisotopic (exact) mass is 428 g/mol. The first-order valence-corrected chi connectivity index (χ1v) is 11.4. The number of hydrogen-bond donors (Lipinski definition) is 4. The Morgan fingerprint density at radius 2 is 2.10 bits per heavy atom. The van der Waals surface area contributed by atoms with Gasteiger partial charge in [0.25, 0.3) is 5.91 Å². The van der Waals surface area contributed by atoms with Crippen LogP contribution in [0.15, 0.2) is 12.1 Å². The summed E-state index contributed by atoms with van der Waals surface area (Å²) in [5, 5.41) is 13.3. The van der Waals surface area contributed by atoms with Crippen molar-refractivity contribution in [3.05, 3.63) is 17.7 Å². The molecule has 1 aromatic rings. The summed E-state index contributed by atoms with van der Waals surface area (Å²) < 4.78 is 35.8. The molecule has 1 fully saturated rings. The van der Waals surface area contributed by atoms with Gasteiger partial charge >= 0.3 is 0 Å². The number of amides is 1. The first kappa shape index (κ1) is 21.6. The van der Waals surface area contributed by atoms with E-state index in [1.165, 1.54) is 0 Å². The first-order valence-electron chi connectivity index (χ1n) is 9.55. The molecule has 11 heteroatoms. The molecule has 1 aromatic carbocycles. The van der Waals surface area contributed by atoms with Crippen molar-refractivity contribution in [1.29, 1.82) is 0 Å². The number of piperidine rings is 1. The molecule has 0 bridgehead atoms. The molecule has 3 rings (SSSR count). The van der Waals surface area contributed by atoms with Gasteiger partial charge in [0.2, 0.25) is 10.0 Å². The summed E-state index contributed by atoms with van der Waals surface area (Å²) in [7, 11) is -3.22. The first-order chi connectivity index (χ1) is 13.7. The maximum Gasteiger partial charge on any atom is 0.255 e.